The third-order valence-electron chi connectivity index (χ3n) is 3.19. The first-order chi connectivity index (χ1) is 11.3. The van der Waals surface area contributed by atoms with Gasteiger partial charge >= 0.3 is 0 Å². The van der Waals surface area contributed by atoms with Crippen LogP contribution in [-0.4, -0.2) is 27.0 Å². The van der Waals surface area contributed by atoms with Gasteiger partial charge < -0.3 is 9.88 Å². The van der Waals surface area contributed by atoms with Crippen molar-refractivity contribution in [3.05, 3.63) is 72.9 Å². The van der Waals surface area contributed by atoms with Gasteiger partial charge in [0.15, 0.2) is 0 Å². The summed E-state index contributed by atoms with van der Waals surface area (Å²) in [6, 6.07) is 13.3. The first kappa shape index (κ1) is 15.3. The summed E-state index contributed by atoms with van der Waals surface area (Å²) in [5.74, 6) is -0.0699. The Bertz CT molecular complexity index is 742. The van der Waals surface area contributed by atoms with Crippen molar-refractivity contribution in [2.45, 2.75) is 16.5 Å². The Hall–Kier alpha value is -2.60. The van der Waals surface area contributed by atoms with E-state index in [1.165, 1.54) is 0 Å². The molecule has 5 nitrogen and oxygen atoms in total. The van der Waals surface area contributed by atoms with Gasteiger partial charge in [0.2, 0.25) is 0 Å². The summed E-state index contributed by atoms with van der Waals surface area (Å²) in [6.45, 7) is 1.28. The van der Waals surface area contributed by atoms with Crippen LogP contribution >= 0.6 is 11.8 Å². The van der Waals surface area contributed by atoms with Crippen LogP contribution in [-0.2, 0) is 6.54 Å². The van der Waals surface area contributed by atoms with E-state index in [-0.39, 0.29) is 5.91 Å². The van der Waals surface area contributed by atoms with E-state index in [9.17, 15) is 4.79 Å². The van der Waals surface area contributed by atoms with Crippen molar-refractivity contribution in [2.75, 3.05) is 6.54 Å². The smallest absolute Gasteiger partial charge is 0.251 e. The first-order valence-corrected chi connectivity index (χ1v) is 8.06. The van der Waals surface area contributed by atoms with Gasteiger partial charge in [-0.1, -0.05) is 17.8 Å². The standard InChI is InChI=1S/C17H16N4OS/c22-17(20-10-12-21-11-9-18-13-21)14-4-6-15(7-5-14)23-16-3-1-2-8-19-16/h1-9,11,13H,10,12H2,(H,20,22). The Balaban J connectivity index is 1.53. The number of aromatic nitrogens is 3. The molecule has 0 saturated heterocycles. The normalized spacial score (nSPS) is 10.4. The minimum atomic E-state index is -0.0699. The van der Waals surface area contributed by atoms with Crippen LogP contribution in [0.25, 0.3) is 0 Å². The van der Waals surface area contributed by atoms with Gasteiger partial charge in [0.1, 0.15) is 5.03 Å². The van der Waals surface area contributed by atoms with Crippen LogP contribution in [0, 0.1) is 0 Å². The first-order valence-electron chi connectivity index (χ1n) is 7.24. The maximum absolute atomic E-state index is 12.1. The van der Waals surface area contributed by atoms with Crippen molar-refractivity contribution in [3.63, 3.8) is 0 Å². The molecule has 1 N–H and O–H groups in total. The van der Waals surface area contributed by atoms with Gasteiger partial charge in [0.25, 0.3) is 5.91 Å². The molecule has 3 rings (SSSR count). The van der Waals surface area contributed by atoms with E-state index in [0.29, 0.717) is 18.7 Å². The number of rotatable bonds is 6. The van der Waals surface area contributed by atoms with E-state index in [1.807, 2.05) is 53.2 Å². The summed E-state index contributed by atoms with van der Waals surface area (Å²) in [7, 11) is 0. The van der Waals surface area contributed by atoms with Gasteiger partial charge in [-0.15, -0.1) is 0 Å². The molecule has 0 aliphatic carbocycles. The fraction of sp³-hybridized carbons (Fsp3) is 0.118. The molecule has 3 aromatic rings. The van der Waals surface area contributed by atoms with E-state index >= 15 is 0 Å². The van der Waals surface area contributed by atoms with Gasteiger partial charge in [-0.05, 0) is 36.4 Å². The molecule has 2 aromatic heterocycles. The Morgan fingerprint density at radius 1 is 1.13 bits per heavy atom. The number of hydrogen-bond donors (Lipinski definition) is 1. The summed E-state index contributed by atoms with van der Waals surface area (Å²) < 4.78 is 1.92. The zero-order valence-corrected chi connectivity index (χ0v) is 13.2. The number of carbonyl (C=O) groups is 1. The van der Waals surface area contributed by atoms with Gasteiger partial charge in [-0.25, -0.2) is 9.97 Å². The topological polar surface area (TPSA) is 59.8 Å². The summed E-state index contributed by atoms with van der Waals surface area (Å²) in [4.78, 5) is 21.4. The molecule has 0 aliphatic heterocycles. The highest BCUT2D eigenvalue weighted by atomic mass is 32.2. The predicted octanol–water partition coefficient (Wildman–Crippen LogP) is 2.86. The van der Waals surface area contributed by atoms with Crippen molar-refractivity contribution in [1.82, 2.24) is 19.9 Å². The van der Waals surface area contributed by atoms with Crippen molar-refractivity contribution < 1.29 is 4.79 Å². The average molecular weight is 324 g/mol. The second-order valence-corrected chi connectivity index (χ2v) is 5.94. The Kier molecular flexibility index (Phi) is 5.06. The second kappa shape index (κ2) is 7.60. The monoisotopic (exact) mass is 324 g/mol. The molecule has 23 heavy (non-hydrogen) atoms. The van der Waals surface area contributed by atoms with E-state index in [1.54, 1.807) is 30.5 Å². The van der Waals surface area contributed by atoms with E-state index in [4.69, 9.17) is 0 Å². The van der Waals surface area contributed by atoms with Crippen LogP contribution in [0.2, 0.25) is 0 Å². The van der Waals surface area contributed by atoms with Crippen LogP contribution in [0.4, 0.5) is 0 Å². The maximum atomic E-state index is 12.1. The van der Waals surface area contributed by atoms with Crippen LogP contribution in [0.1, 0.15) is 10.4 Å². The zero-order chi connectivity index (χ0) is 15.9. The molecular weight excluding hydrogens is 308 g/mol. The lowest BCUT2D eigenvalue weighted by Crippen LogP contribution is -2.26. The molecule has 0 bridgehead atoms. The van der Waals surface area contributed by atoms with Gasteiger partial charge in [-0.3, -0.25) is 4.79 Å². The molecule has 116 valence electrons. The van der Waals surface area contributed by atoms with Crippen molar-refractivity contribution in [3.8, 4) is 0 Å². The lowest BCUT2D eigenvalue weighted by molar-refractivity contribution is 0.0952. The second-order valence-electron chi connectivity index (χ2n) is 4.85. The number of pyridine rings is 1. The fourth-order valence-corrected chi connectivity index (χ4v) is 2.80. The summed E-state index contributed by atoms with van der Waals surface area (Å²) in [5.41, 5.74) is 0.654. The zero-order valence-electron chi connectivity index (χ0n) is 12.4. The van der Waals surface area contributed by atoms with Crippen molar-refractivity contribution >= 4 is 17.7 Å². The quantitative estimate of drug-likeness (QED) is 0.757. The molecule has 0 aliphatic rings. The number of benzene rings is 1. The third-order valence-corrected chi connectivity index (χ3v) is 4.15. The van der Waals surface area contributed by atoms with Crippen molar-refractivity contribution in [2.24, 2.45) is 0 Å². The van der Waals surface area contributed by atoms with Crippen LogP contribution in [0.3, 0.4) is 0 Å². The molecule has 6 heteroatoms. The lowest BCUT2D eigenvalue weighted by Gasteiger charge is -2.06. The summed E-state index contributed by atoms with van der Waals surface area (Å²) in [6.07, 6.45) is 7.09. The largest absolute Gasteiger partial charge is 0.350 e. The molecule has 1 amide bonds. The molecule has 0 unspecified atom stereocenters. The highest BCUT2D eigenvalue weighted by Gasteiger charge is 2.05. The minimum absolute atomic E-state index is 0.0699. The van der Waals surface area contributed by atoms with Crippen LogP contribution < -0.4 is 5.32 Å². The average Bonchev–Trinajstić information content (AvgIpc) is 3.10. The van der Waals surface area contributed by atoms with Gasteiger partial charge in [-0.2, -0.15) is 0 Å². The molecule has 0 radical (unpaired) electrons. The van der Waals surface area contributed by atoms with E-state index in [2.05, 4.69) is 15.3 Å². The maximum Gasteiger partial charge on any atom is 0.251 e. The highest BCUT2D eigenvalue weighted by molar-refractivity contribution is 7.99. The van der Waals surface area contributed by atoms with Crippen LogP contribution in [0.5, 0.6) is 0 Å². The van der Waals surface area contributed by atoms with E-state index < -0.39 is 0 Å². The molecule has 1 aromatic carbocycles. The molecule has 0 atom stereocenters. The van der Waals surface area contributed by atoms with E-state index in [0.717, 1.165) is 9.92 Å². The number of nitrogens with one attached hydrogen (secondary N) is 1. The van der Waals surface area contributed by atoms with Crippen LogP contribution in [0.15, 0.2) is 77.3 Å². The molecule has 0 saturated carbocycles. The Morgan fingerprint density at radius 3 is 2.70 bits per heavy atom. The Labute approximate surface area is 138 Å². The minimum Gasteiger partial charge on any atom is -0.350 e. The highest BCUT2D eigenvalue weighted by Crippen LogP contribution is 2.25. The SMILES string of the molecule is O=C(NCCn1ccnc1)c1ccc(Sc2ccccn2)cc1. The molecule has 0 spiro atoms. The summed E-state index contributed by atoms with van der Waals surface area (Å²) >= 11 is 1.57. The number of amides is 1. The van der Waals surface area contributed by atoms with Gasteiger partial charge in [0.05, 0.1) is 6.33 Å². The molecule has 2 heterocycles. The lowest BCUT2D eigenvalue weighted by atomic mass is 10.2. The fourth-order valence-electron chi connectivity index (χ4n) is 2.02. The predicted molar refractivity (Wildman–Crippen MR) is 89.4 cm³/mol. The number of hydrogen-bond acceptors (Lipinski definition) is 4. The van der Waals surface area contributed by atoms with Crippen molar-refractivity contribution in [1.29, 1.82) is 0 Å². The molecular formula is C17H16N4OS. The summed E-state index contributed by atoms with van der Waals surface area (Å²) in [5, 5.41) is 3.83. The molecule has 0 fully saturated rings. The number of nitrogens with zero attached hydrogens (tertiary/aromatic N) is 3. The number of carbonyl (C=O) groups excluding carboxylic acids is 1. The third kappa shape index (κ3) is 4.43. The van der Waals surface area contributed by atoms with Gasteiger partial charge in [0, 0.05) is 42.1 Å². The number of imidazole rings is 1. The Morgan fingerprint density at radius 2 is 2.00 bits per heavy atom.